The van der Waals surface area contributed by atoms with Crippen LogP contribution in [0.1, 0.15) is 17.1 Å². The van der Waals surface area contributed by atoms with Gasteiger partial charge in [0, 0.05) is 46.9 Å². The summed E-state index contributed by atoms with van der Waals surface area (Å²) in [5.41, 5.74) is 2.41. The first-order chi connectivity index (χ1) is 9.31. The lowest BCUT2D eigenvalue weighted by atomic mass is 10.1. The monoisotopic (exact) mass is 291 g/mol. The summed E-state index contributed by atoms with van der Waals surface area (Å²) < 4.78 is 0. The molecule has 0 bridgehead atoms. The molecule has 5 heteroatoms. The molecular formula is C14H14ClN3S. The second-order valence-electron chi connectivity index (χ2n) is 4.43. The van der Waals surface area contributed by atoms with Gasteiger partial charge < -0.3 is 5.32 Å². The zero-order valence-electron chi connectivity index (χ0n) is 10.4. The molecule has 1 aliphatic rings. The lowest BCUT2D eigenvalue weighted by molar-refractivity contribution is 0.622. The Morgan fingerprint density at radius 3 is 3.21 bits per heavy atom. The molecule has 0 atom stereocenters. The molecule has 0 saturated carbocycles. The number of fused-ring (bicyclic) bond motifs is 1. The highest BCUT2D eigenvalue weighted by atomic mass is 35.5. The van der Waals surface area contributed by atoms with Gasteiger partial charge in [0.2, 0.25) is 0 Å². The first-order valence-corrected chi connectivity index (χ1v) is 7.60. The van der Waals surface area contributed by atoms with E-state index in [1.807, 2.05) is 24.4 Å². The maximum atomic E-state index is 5.97. The molecule has 1 N–H and O–H groups in total. The minimum absolute atomic E-state index is 0.766. The molecule has 0 saturated heterocycles. The fraction of sp³-hybridized carbons (Fsp3) is 0.286. The molecule has 1 aliphatic heterocycles. The predicted molar refractivity (Wildman–Crippen MR) is 78.5 cm³/mol. The quantitative estimate of drug-likeness (QED) is 0.882. The Bertz CT molecular complexity index is 589. The summed E-state index contributed by atoms with van der Waals surface area (Å²) in [7, 11) is 0. The van der Waals surface area contributed by atoms with Crippen molar-refractivity contribution in [3.05, 3.63) is 52.6 Å². The van der Waals surface area contributed by atoms with Crippen LogP contribution in [0.5, 0.6) is 0 Å². The number of nitrogens with one attached hydrogen (secondary N) is 1. The Morgan fingerprint density at radius 1 is 1.37 bits per heavy atom. The molecule has 98 valence electrons. The molecule has 3 rings (SSSR count). The molecule has 0 aliphatic carbocycles. The Hall–Kier alpha value is -1.10. The standard InChI is InChI=1S/C14H14ClN3S/c15-11-2-1-3-12(6-11)19-9-14-17-8-10-7-16-5-4-13(10)18-14/h1-3,6,8,16H,4-5,7,9H2. The zero-order valence-corrected chi connectivity index (χ0v) is 12.0. The van der Waals surface area contributed by atoms with Crippen LogP contribution in [0, 0.1) is 0 Å². The van der Waals surface area contributed by atoms with E-state index in [2.05, 4.69) is 21.4 Å². The van der Waals surface area contributed by atoms with E-state index in [-0.39, 0.29) is 0 Å². The van der Waals surface area contributed by atoms with E-state index >= 15 is 0 Å². The van der Waals surface area contributed by atoms with Crippen LogP contribution < -0.4 is 5.32 Å². The third-order valence-corrected chi connectivity index (χ3v) is 4.25. The number of nitrogens with zero attached hydrogens (tertiary/aromatic N) is 2. The lowest BCUT2D eigenvalue weighted by Gasteiger charge is -2.15. The molecule has 0 spiro atoms. The van der Waals surface area contributed by atoms with Gasteiger partial charge in [0.25, 0.3) is 0 Å². The van der Waals surface area contributed by atoms with Crippen molar-refractivity contribution in [3.63, 3.8) is 0 Å². The smallest absolute Gasteiger partial charge is 0.138 e. The molecule has 0 unspecified atom stereocenters. The summed E-state index contributed by atoms with van der Waals surface area (Å²) in [4.78, 5) is 10.2. The van der Waals surface area contributed by atoms with E-state index in [4.69, 9.17) is 11.6 Å². The highest BCUT2D eigenvalue weighted by Gasteiger charge is 2.11. The molecule has 0 fully saturated rings. The van der Waals surface area contributed by atoms with Crippen LogP contribution in [0.4, 0.5) is 0 Å². The second-order valence-corrected chi connectivity index (χ2v) is 5.92. The number of hydrogen-bond donors (Lipinski definition) is 1. The number of benzene rings is 1. The van der Waals surface area contributed by atoms with Gasteiger partial charge in [-0.3, -0.25) is 0 Å². The van der Waals surface area contributed by atoms with Gasteiger partial charge in [-0.15, -0.1) is 11.8 Å². The summed E-state index contributed by atoms with van der Waals surface area (Å²) in [5.74, 6) is 1.67. The van der Waals surface area contributed by atoms with E-state index in [0.29, 0.717) is 0 Å². The first-order valence-electron chi connectivity index (χ1n) is 6.24. The van der Waals surface area contributed by atoms with Crippen molar-refractivity contribution in [1.29, 1.82) is 0 Å². The molecular weight excluding hydrogens is 278 g/mol. The second kappa shape index (κ2) is 5.90. The Morgan fingerprint density at radius 2 is 2.32 bits per heavy atom. The van der Waals surface area contributed by atoms with E-state index in [0.717, 1.165) is 41.0 Å². The predicted octanol–water partition coefficient (Wildman–Crippen LogP) is 3.07. The molecule has 1 aromatic heterocycles. The minimum Gasteiger partial charge on any atom is -0.312 e. The topological polar surface area (TPSA) is 37.8 Å². The average molecular weight is 292 g/mol. The van der Waals surface area contributed by atoms with Gasteiger partial charge in [-0.1, -0.05) is 17.7 Å². The SMILES string of the molecule is Clc1cccc(SCc2ncc3c(n2)CCNC3)c1. The van der Waals surface area contributed by atoms with Crippen LogP contribution >= 0.6 is 23.4 Å². The van der Waals surface area contributed by atoms with Crippen molar-refractivity contribution >= 4 is 23.4 Å². The highest BCUT2D eigenvalue weighted by Crippen LogP contribution is 2.24. The summed E-state index contributed by atoms with van der Waals surface area (Å²) in [6.07, 6.45) is 2.94. The van der Waals surface area contributed by atoms with Crippen molar-refractivity contribution in [3.8, 4) is 0 Å². The van der Waals surface area contributed by atoms with Crippen LogP contribution in [0.25, 0.3) is 0 Å². The van der Waals surface area contributed by atoms with Gasteiger partial charge >= 0.3 is 0 Å². The van der Waals surface area contributed by atoms with Crippen molar-refractivity contribution in [2.75, 3.05) is 6.54 Å². The van der Waals surface area contributed by atoms with E-state index in [1.54, 1.807) is 11.8 Å². The molecule has 0 amide bonds. The lowest BCUT2D eigenvalue weighted by Crippen LogP contribution is -2.25. The van der Waals surface area contributed by atoms with Crippen LogP contribution in [0.3, 0.4) is 0 Å². The van der Waals surface area contributed by atoms with E-state index in [1.165, 1.54) is 11.3 Å². The summed E-state index contributed by atoms with van der Waals surface area (Å²) in [6.45, 7) is 1.89. The van der Waals surface area contributed by atoms with Crippen molar-refractivity contribution in [2.24, 2.45) is 0 Å². The number of halogens is 1. The molecule has 19 heavy (non-hydrogen) atoms. The molecule has 2 aromatic rings. The van der Waals surface area contributed by atoms with Crippen LogP contribution in [0.15, 0.2) is 35.4 Å². The highest BCUT2D eigenvalue weighted by molar-refractivity contribution is 7.98. The van der Waals surface area contributed by atoms with Crippen LogP contribution in [-0.2, 0) is 18.7 Å². The first kappa shape index (κ1) is 12.9. The van der Waals surface area contributed by atoms with Crippen molar-refractivity contribution in [2.45, 2.75) is 23.6 Å². The van der Waals surface area contributed by atoms with Gasteiger partial charge in [0.05, 0.1) is 5.75 Å². The number of thioether (sulfide) groups is 1. The maximum absolute atomic E-state index is 5.97. The fourth-order valence-corrected chi connectivity index (χ4v) is 3.13. The Balaban J connectivity index is 1.70. The third-order valence-electron chi connectivity index (χ3n) is 3.02. The van der Waals surface area contributed by atoms with Gasteiger partial charge in [-0.25, -0.2) is 9.97 Å². The van der Waals surface area contributed by atoms with Gasteiger partial charge in [-0.05, 0) is 18.2 Å². The largest absolute Gasteiger partial charge is 0.312 e. The van der Waals surface area contributed by atoms with Crippen molar-refractivity contribution in [1.82, 2.24) is 15.3 Å². The molecule has 0 radical (unpaired) electrons. The summed E-state index contributed by atoms with van der Waals surface area (Å²) in [5, 5.41) is 4.09. The number of hydrogen-bond acceptors (Lipinski definition) is 4. The summed E-state index contributed by atoms with van der Waals surface area (Å²) >= 11 is 7.68. The minimum atomic E-state index is 0.766. The number of aromatic nitrogens is 2. The maximum Gasteiger partial charge on any atom is 0.138 e. The zero-order chi connectivity index (χ0) is 13.1. The summed E-state index contributed by atoms with van der Waals surface area (Å²) in [6, 6.07) is 7.87. The average Bonchev–Trinajstić information content (AvgIpc) is 2.45. The Labute approximate surface area is 121 Å². The molecule has 2 heterocycles. The van der Waals surface area contributed by atoms with Crippen LogP contribution in [-0.4, -0.2) is 16.5 Å². The fourth-order valence-electron chi connectivity index (χ4n) is 2.05. The van der Waals surface area contributed by atoms with Gasteiger partial charge in [-0.2, -0.15) is 0 Å². The molecule has 1 aromatic carbocycles. The van der Waals surface area contributed by atoms with E-state index in [9.17, 15) is 0 Å². The van der Waals surface area contributed by atoms with Gasteiger partial charge in [0.1, 0.15) is 5.82 Å². The number of rotatable bonds is 3. The third kappa shape index (κ3) is 3.26. The van der Waals surface area contributed by atoms with Crippen molar-refractivity contribution < 1.29 is 0 Å². The van der Waals surface area contributed by atoms with E-state index < -0.39 is 0 Å². The Kier molecular flexibility index (Phi) is 4.01. The van der Waals surface area contributed by atoms with Gasteiger partial charge in [0.15, 0.2) is 0 Å². The normalized spacial score (nSPS) is 14.2. The molecule has 3 nitrogen and oxygen atoms in total. The van der Waals surface area contributed by atoms with Crippen LogP contribution in [0.2, 0.25) is 5.02 Å².